The standard InChI is InChI=1S/C14H13ClN4O2/c15-7-12-18-11-8-17-10-4-2-1-3-9(10)13(11)19(12)6-5-16-14(20)21/h1-4,8,16H,5-7H2,(H,20,21). The molecule has 6 nitrogen and oxygen atoms in total. The number of pyridine rings is 1. The van der Waals surface area contributed by atoms with Gasteiger partial charge in [0.25, 0.3) is 0 Å². The Kier molecular flexibility index (Phi) is 3.62. The number of fused-ring (bicyclic) bond motifs is 3. The number of nitrogens with one attached hydrogen (secondary N) is 1. The van der Waals surface area contributed by atoms with Gasteiger partial charge in [0.05, 0.1) is 23.1 Å². The summed E-state index contributed by atoms with van der Waals surface area (Å²) in [7, 11) is 0. The molecule has 0 aliphatic rings. The van der Waals surface area contributed by atoms with Crippen molar-refractivity contribution in [3.05, 3.63) is 36.3 Å². The molecule has 2 N–H and O–H groups in total. The third-order valence-corrected chi connectivity index (χ3v) is 3.53. The summed E-state index contributed by atoms with van der Waals surface area (Å²) in [6.07, 6.45) is 0.674. The number of hydrogen-bond acceptors (Lipinski definition) is 3. The minimum Gasteiger partial charge on any atom is -0.465 e. The van der Waals surface area contributed by atoms with Crippen LogP contribution in [-0.2, 0) is 12.4 Å². The van der Waals surface area contributed by atoms with Crippen LogP contribution in [0.5, 0.6) is 0 Å². The molecule has 3 aromatic rings. The molecule has 3 rings (SSSR count). The zero-order valence-electron chi connectivity index (χ0n) is 11.1. The molecular weight excluding hydrogens is 292 g/mol. The van der Waals surface area contributed by atoms with E-state index in [1.165, 1.54) is 0 Å². The zero-order chi connectivity index (χ0) is 14.8. The SMILES string of the molecule is O=C(O)NCCn1c(CCl)nc2cnc3ccccc3c21. The van der Waals surface area contributed by atoms with Gasteiger partial charge in [0.1, 0.15) is 11.3 Å². The fourth-order valence-corrected chi connectivity index (χ4v) is 2.63. The first kappa shape index (κ1) is 13.6. The number of hydrogen-bond donors (Lipinski definition) is 2. The lowest BCUT2D eigenvalue weighted by Crippen LogP contribution is -2.25. The van der Waals surface area contributed by atoms with Crippen LogP contribution in [0.25, 0.3) is 21.9 Å². The second-order valence-corrected chi connectivity index (χ2v) is 4.82. The summed E-state index contributed by atoms with van der Waals surface area (Å²) in [6.45, 7) is 0.764. The van der Waals surface area contributed by atoms with Crippen LogP contribution in [0.2, 0.25) is 0 Å². The van der Waals surface area contributed by atoms with Crippen molar-refractivity contribution in [2.45, 2.75) is 12.4 Å². The summed E-state index contributed by atoms with van der Waals surface area (Å²) >= 11 is 5.96. The van der Waals surface area contributed by atoms with Gasteiger partial charge in [-0.05, 0) is 6.07 Å². The highest BCUT2D eigenvalue weighted by molar-refractivity contribution is 6.17. The first-order valence-electron chi connectivity index (χ1n) is 6.46. The Bertz CT molecular complexity index is 815. The minimum absolute atomic E-state index is 0.260. The summed E-state index contributed by atoms with van der Waals surface area (Å²) in [5.74, 6) is 0.966. The van der Waals surface area contributed by atoms with Crippen molar-refractivity contribution in [1.82, 2.24) is 19.9 Å². The molecule has 0 unspecified atom stereocenters. The van der Waals surface area contributed by atoms with E-state index in [1.54, 1.807) is 6.20 Å². The third kappa shape index (κ3) is 2.50. The van der Waals surface area contributed by atoms with E-state index in [-0.39, 0.29) is 5.88 Å². The fraction of sp³-hybridized carbons (Fsp3) is 0.214. The number of alkyl halides is 1. The highest BCUT2D eigenvalue weighted by Gasteiger charge is 2.13. The molecule has 0 aliphatic heterocycles. The number of carbonyl (C=O) groups is 1. The average Bonchev–Trinajstić information content (AvgIpc) is 2.85. The number of rotatable bonds is 4. The number of para-hydroxylation sites is 1. The summed E-state index contributed by atoms with van der Waals surface area (Å²) in [6, 6.07) is 7.78. The molecule has 1 amide bonds. The predicted octanol–water partition coefficient (Wildman–Crippen LogP) is 2.59. The van der Waals surface area contributed by atoms with Crippen LogP contribution in [0, 0.1) is 0 Å². The predicted molar refractivity (Wildman–Crippen MR) is 80.6 cm³/mol. The van der Waals surface area contributed by atoms with Gasteiger partial charge < -0.3 is 15.0 Å². The number of imidazole rings is 1. The van der Waals surface area contributed by atoms with Gasteiger partial charge in [-0.3, -0.25) is 4.98 Å². The molecule has 2 aromatic heterocycles. The van der Waals surface area contributed by atoms with Gasteiger partial charge in [0.15, 0.2) is 0 Å². The first-order valence-corrected chi connectivity index (χ1v) is 7.00. The van der Waals surface area contributed by atoms with E-state index in [9.17, 15) is 4.79 Å². The lowest BCUT2D eigenvalue weighted by atomic mass is 10.2. The molecule has 21 heavy (non-hydrogen) atoms. The molecule has 0 fully saturated rings. The first-order chi connectivity index (χ1) is 10.2. The molecular formula is C14H13ClN4O2. The molecule has 0 aliphatic carbocycles. The van der Waals surface area contributed by atoms with Crippen molar-refractivity contribution in [2.24, 2.45) is 0 Å². The van der Waals surface area contributed by atoms with Crippen LogP contribution >= 0.6 is 11.6 Å². The van der Waals surface area contributed by atoms with Crippen LogP contribution in [0.4, 0.5) is 4.79 Å². The Labute approximate surface area is 125 Å². The van der Waals surface area contributed by atoms with E-state index < -0.39 is 6.09 Å². The van der Waals surface area contributed by atoms with Gasteiger partial charge in [-0.2, -0.15) is 0 Å². The maximum atomic E-state index is 10.6. The quantitative estimate of drug-likeness (QED) is 0.726. The number of aromatic nitrogens is 3. The van der Waals surface area contributed by atoms with Crippen LogP contribution in [0.1, 0.15) is 5.82 Å². The second-order valence-electron chi connectivity index (χ2n) is 4.55. The molecule has 0 atom stereocenters. The summed E-state index contributed by atoms with van der Waals surface area (Å²) in [4.78, 5) is 19.4. The largest absolute Gasteiger partial charge is 0.465 e. The highest BCUT2D eigenvalue weighted by Crippen LogP contribution is 2.25. The van der Waals surface area contributed by atoms with E-state index in [1.807, 2.05) is 28.8 Å². The fourth-order valence-electron chi connectivity index (χ4n) is 2.43. The van der Waals surface area contributed by atoms with Crippen molar-refractivity contribution in [1.29, 1.82) is 0 Å². The smallest absolute Gasteiger partial charge is 0.404 e. The molecule has 1 aromatic carbocycles. The van der Waals surface area contributed by atoms with Crippen molar-refractivity contribution in [2.75, 3.05) is 6.54 Å². The van der Waals surface area contributed by atoms with Gasteiger partial charge in [0, 0.05) is 18.5 Å². The Hall–Kier alpha value is -2.34. The Morgan fingerprint density at radius 2 is 2.14 bits per heavy atom. The molecule has 0 bridgehead atoms. The summed E-state index contributed by atoms with van der Waals surface area (Å²) < 4.78 is 1.95. The van der Waals surface area contributed by atoms with Gasteiger partial charge in [-0.15, -0.1) is 11.6 Å². The number of benzene rings is 1. The zero-order valence-corrected chi connectivity index (χ0v) is 11.8. The summed E-state index contributed by atoms with van der Waals surface area (Å²) in [5.41, 5.74) is 2.57. The van der Waals surface area contributed by atoms with Crippen LogP contribution in [0.3, 0.4) is 0 Å². The van der Waals surface area contributed by atoms with Crippen LogP contribution < -0.4 is 5.32 Å². The van der Waals surface area contributed by atoms with E-state index in [2.05, 4.69) is 15.3 Å². The van der Waals surface area contributed by atoms with Crippen LogP contribution in [0.15, 0.2) is 30.5 Å². The van der Waals surface area contributed by atoms with Crippen molar-refractivity contribution >= 4 is 39.6 Å². The number of nitrogens with zero attached hydrogens (tertiary/aromatic N) is 3. The van der Waals surface area contributed by atoms with Crippen molar-refractivity contribution < 1.29 is 9.90 Å². The molecule has 108 valence electrons. The van der Waals surface area contributed by atoms with Gasteiger partial charge in [-0.1, -0.05) is 18.2 Å². The van der Waals surface area contributed by atoms with E-state index in [4.69, 9.17) is 16.7 Å². The normalized spacial score (nSPS) is 11.1. The van der Waals surface area contributed by atoms with Crippen molar-refractivity contribution in [3.63, 3.8) is 0 Å². The number of halogens is 1. The monoisotopic (exact) mass is 304 g/mol. The average molecular weight is 305 g/mol. The van der Waals surface area contributed by atoms with Crippen LogP contribution in [-0.4, -0.2) is 32.3 Å². The summed E-state index contributed by atoms with van der Waals surface area (Å²) in [5, 5.41) is 12.0. The van der Waals surface area contributed by atoms with Gasteiger partial charge >= 0.3 is 6.09 Å². The van der Waals surface area contributed by atoms with Gasteiger partial charge in [0.2, 0.25) is 0 Å². The number of amides is 1. The minimum atomic E-state index is -1.04. The Balaban J connectivity index is 2.14. The third-order valence-electron chi connectivity index (χ3n) is 3.29. The Morgan fingerprint density at radius 3 is 2.90 bits per heavy atom. The highest BCUT2D eigenvalue weighted by atomic mass is 35.5. The molecule has 0 radical (unpaired) electrons. The molecule has 0 saturated heterocycles. The lowest BCUT2D eigenvalue weighted by Gasteiger charge is -2.09. The maximum absolute atomic E-state index is 10.6. The van der Waals surface area contributed by atoms with E-state index >= 15 is 0 Å². The molecule has 2 heterocycles. The lowest BCUT2D eigenvalue weighted by molar-refractivity contribution is 0.194. The molecule has 7 heteroatoms. The van der Waals surface area contributed by atoms with Gasteiger partial charge in [-0.25, -0.2) is 9.78 Å². The van der Waals surface area contributed by atoms with Crippen molar-refractivity contribution in [3.8, 4) is 0 Å². The molecule has 0 saturated carbocycles. The topological polar surface area (TPSA) is 80.0 Å². The Morgan fingerprint density at radius 1 is 1.33 bits per heavy atom. The van der Waals surface area contributed by atoms with E-state index in [0.29, 0.717) is 18.9 Å². The second kappa shape index (κ2) is 5.57. The number of carboxylic acid groups (broad SMARTS) is 1. The maximum Gasteiger partial charge on any atom is 0.404 e. The van der Waals surface area contributed by atoms with E-state index in [0.717, 1.165) is 21.9 Å². The molecule has 0 spiro atoms.